The predicted octanol–water partition coefficient (Wildman–Crippen LogP) is 4.10. The van der Waals surface area contributed by atoms with E-state index in [-0.39, 0.29) is 0 Å². The summed E-state index contributed by atoms with van der Waals surface area (Å²) in [4.78, 5) is 23.7. The van der Waals surface area contributed by atoms with E-state index in [0.29, 0.717) is 21.3 Å². The van der Waals surface area contributed by atoms with Gasteiger partial charge in [-0.2, -0.15) is 0 Å². The Morgan fingerprint density at radius 2 is 1.73 bits per heavy atom. The molecule has 4 nitrogen and oxygen atoms in total. The summed E-state index contributed by atoms with van der Waals surface area (Å²) >= 11 is 11.7. The number of nitrogens with one attached hydrogen (secondary N) is 1. The molecule has 0 saturated heterocycles. The molecule has 0 bridgehead atoms. The number of amides is 1. The summed E-state index contributed by atoms with van der Waals surface area (Å²) in [5.74, 6) is -1.02. The minimum absolute atomic E-state index is 0.392. The van der Waals surface area contributed by atoms with E-state index in [1.165, 1.54) is 0 Å². The van der Waals surface area contributed by atoms with Crippen molar-refractivity contribution >= 4 is 40.8 Å². The molecule has 0 atom stereocenters. The summed E-state index contributed by atoms with van der Waals surface area (Å²) in [7, 11) is 0. The molecule has 0 radical (unpaired) electrons. The number of carbonyl (C=O) groups is 2. The number of ether oxygens (including phenoxy) is 1. The Morgan fingerprint density at radius 3 is 2.36 bits per heavy atom. The minimum atomic E-state index is -0.544. The molecule has 1 amide bonds. The SMILES string of the molecule is Cc1ccccc1C(=O)OCC(=O)Nc1cc(Cl)cc(Cl)c1. The van der Waals surface area contributed by atoms with E-state index >= 15 is 0 Å². The number of halogens is 2. The third kappa shape index (κ3) is 4.48. The highest BCUT2D eigenvalue weighted by atomic mass is 35.5. The average Bonchev–Trinajstić information content (AvgIpc) is 2.44. The molecular formula is C16H13Cl2NO3. The maximum atomic E-state index is 11.9. The van der Waals surface area contributed by atoms with E-state index in [0.717, 1.165) is 5.56 Å². The summed E-state index contributed by atoms with van der Waals surface area (Å²) in [5.41, 5.74) is 1.66. The van der Waals surface area contributed by atoms with E-state index in [4.69, 9.17) is 27.9 Å². The fourth-order valence-electron chi connectivity index (χ4n) is 1.83. The highest BCUT2D eigenvalue weighted by Crippen LogP contribution is 2.22. The number of hydrogen-bond acceptors (Lipinski definition) is 3. The molecule has 0 saturated carbocycles. The molecule has 0 heterocycles. The first-order chi connectivity index (χ1) is 10.5. The maximum absolute atomic E-state index is 11.9. The van der Waals surface area contributed by atoms with E-state index in [9.17, 15) is 9.59 Å². The zero-order valence-electron chi connectivity index (χ0n) is 11.7. The topological polar surface area (TPSA) is 55.4 Å². The highest BCUT2D eigenvalue weighted by Gasteiger charge is 2.12. The summed E-state index contributed by atoms with van der Waals surface area (Å²) in [6.07, 6.45) is 0. The second-order valence-corrected chi connectivity index (χ2v) is 5.47. The van der Waals surface area contributed by atoms with Crippen molar-refractivity contribution in [1.29, 1.82) is 0 Å². The largest absolute Gasteiger partial charge is 0.452 e. The number of rotatable bonds is 4. The van der Waals surface area contributed by atoms with Crippen molar-refractivity contribution in [1.82, 2.24) is 0 Å². The number of esters is 1. The first-order valence-electron chi connectivity index (χ1n) is 6.44. The van der Waals surface area contributed by atoms with E-state index < -0.39 is 18.5 Å². The Bertz CT molecular complexity index is 696. The normalized spacial score (nSPS) is 10.1. The zero-order valence-corrected chi connectivity index (χ0v) is 13.2. The fraction of sp³-hybridized carbons (Fsp3) is 0.125. The van der Waals surface area contributed by atoms with Crippen LogP contribution in [0.5, 0.6) is 0 Å². The summed E-state index contributed by atoms with van der Waals surface area (Å²) < 4.78 is 4.99. The Labute approximate surface area is 138 Å². The van der Waals surface area contributed by atoms with Gasteiger partial charge in [0.05, 0.1) is 5.56 Å². The molecule has 0 spiro atoms. The molecule has 0 aliphatic rings. The zero-order chi connectivity index (χ0) is 16.1. The Balaban J connectivity index is 1.93. The Morgan fingerprint density at radius 1 is 1.09 bits per heavy atom. The van der Waals surface area contributed by atoms with Crippen LogP contribution in [0.3, 0.4) is 0 Å². The quantitative estimate of drug-likeness (QED) is 0.854. The third-order valence-electron chi connectivity index (χ3n) is 2.85. The van der Waals surface area contributed by atoms with Gasteiger partial charge in [-0.3, -0.25) is 4.79 Å². The number of hydrogen-bond donors (Lipinski definition) is 1. The third-order valence-corrected chi connectivity index (χ3v) is 3.28. The second kappa shape index (κ2) is 7.29. The summed E-state index contributed by atoms with van der Waals surface area (Å²) in [6, 6.07) is 11.6. The summed E-state index contributed by atoms with van der Waals surface area (Å²) in [6.45, 7) is 1.40. The lowest BCUT2D eigenvalue weighted by molar-refractivity contribution is -0.119. The van der Waals surface area contributed by atoms with Crippen LogP contribution in [0.15, 0.2) is 42.5 Å². The monoisotopic (exact) mass is 337 g/mol. The first kappa shape index (κ1) is 16.3. The summed E-state index contributed by atoms with van der Waals surface area (Å²) in [5, 5.41) is 3.36. The molecule has 0 unspecified atom stereocenters. The molecule has 2 aromatic rings. The Kier molecular flexibility index (Phi) is 5.41. The molecule has 0 aromatic heterocycles. The smallest absolute Gasteiger partial charge is 0.338 e. The van der Waals surface area contributed by atoms with Gasteiger partial charge in [-0.1, -0.05) is 41.4 Å². The van der Waals surface area contributed by atoms with Crippen molar-refractivity contribution in [3.63, 3.8) is 0 Å². The van der Waals surface area contributed by atoms with Crippen LogP contribution in [0.2, 0.25) is 10.0 Å². The van der Waals surface area contributed by atoms with Crippen LogP contribution in [-0.4, -0.2) is 18.5 Å². The van der Waals surface area contributed by atoms with Crippen molar-refractivity contribution in [2.24, 2.45) is 0 Å². The molecular weight excluding hydrogens is 325 g/mol. The lowest BCUT2D eigenvalue weighted by Gasteiger charge is -2.08. The Hall–Kier alpha value is -2.04. The molecule has 22 heavy (non-hydrogen) atoms. The first-order valence-corrected chi connectivity index (χ1v) is 7.20. The molecule has 2 aromatic carbocycles. The van der Waals surface area contributed by atoms with Crippen LogP contribution in [0.25, 0.3) is 0 Å². The number of benzene rings is 2. The fourth-order valence-corrected chi connectivity index (χ4v) is 2.36. The van der Waals surface area contributed by atoms with Crippen LogP contribution in [-0.2, 0) is 9.53 Å². The lowest BCUT2D eigenvalue weighted by atomic mass is 10.1. The van der Waals surface area contributed by atoms with Gasteiger partial charge in [0.1, 0.15) is 0 Å². The van der Waals surface area contributed by atoms with Gasteiger partial charge in [0, 0.05) is 15.7 Å². The van der Waals surface area contributed by atoms with Crippen LogP contribution < -0.4 is 5.32 Å². The van der Waals surface area contributed by atoms with Gasteiger partial charge in [-0.15, -0.1) is 0 Å². The van der Waals surface area contributed by atoms with E-state index in [1.807, 2.05) is 6.07 Å². The van der Waals surface area contributed by atoms with Gasteiger partial charge in [-0.05, 0) is 36.8 Å². The van der Waals surface area contributed by atoms with Crippen molar-refractivity contribution in [2.45, 2.75) is 6.92 Å². The number of anilines is 1. The number of aryl methyl sites for hydroxylation is 1. The van der Waals surface area contributed by atoms with Crippen molar-refractivity contribution < 1.29 is 14.3 Å². The number of carbonyl (C=O) groups excluding carboxylic acids is 2. The molecule has 0 fully saturated rings. The van der Waals surface area contributed by atoms with Crippen LogP contribution in [0.4, 0.5) is 5.69 Å². The molecule has 1 N–H and O–H groups in total. The lowest BCUT2D eigenvalue weighted by Crippen LogP contribution is -2.21. The highest BCUT2D eigenvalue weighted by molar-refractivity contribution is 6.35. The van der Waals surface area contributed by atoms with Gasteiger partial charge >= 0.3 is 5.97 Å². The van der Waals surface area contributed by atoms with Gasteiger partial charge in [-0.25, -0.2) is 4.79 Å². The minimum Gasteiger partial charge on any atom is -0.452 e. The molecule has 114 valence electrons. The van der Waals surface area contributed by atoms with Crippen LogP contribution >= 0.6 is 23.2 Å². The van der Waals surface area contributed by atoms with Gasteiger partial charge in [0.15, 0.2) is 6.61 Å². The van der Waals surface area contributed by atoms with Crippen molar-refractivity contribution in [3.05, 3.63) is 63.6 Å². The molecule has 6 heteroatoms. The van der Waals surface area contributed by atoms with Crippen molar-refractivity contribution in [3.8, 4) is 0 Å². The molecule has 2 rings (SSSR count). The van der Waals surface area contributed by atoms with Gasteiger partial charge in [0.25, 0.3) is 5.91 Å². The van der Waals surface area contributed by atoms with Crippen LogP contribution in [0.1, 0.15) is 15.9 Å². The molecule has 0 aliphatic heterocycles. The maximum Gasteiger partial charge on any atom is 0.338 e. The standard InChI is InChI=1S/C16H13Cl2NO3/c1-10-4-2-3-5-14(10)16(21)22-9-15(20)19-13-7-11(17)6-12(18)8-13/h2-8H,9H2,1H3,(H,19,20). The predicted molar refractivity (Wildman–Crippen MR) is 86.6 cm³/mol. The molecule has 0 aliphatic carbocycles. The average molecular weight is 338 g/mol. The van der Waals surface area contributed by atoms with Gasteiger partial charge < -0.3 is 10.1 Å². The van der Waals surface area contributed by atoms with Crippen LogP contribution in [0, 0.1) is 6.92 Å². The van der Waals surface area contributed by atoms with E-state index in [2.05, 4.69) is 5.32 Å². The van der Waals surface area contributed by atoms with Gasteiger partial charge in [0.2, 0.25) is 0 Å². The van der Waals surface area contributed by atoms with Crippen molar-refractivity contribution in [2.75, 3.05) is 11.9 Å². The van der Waals surface area contributed by atoms with E-state index in [1.54, 1.807) is 43.3 Å². The second-order valence-electron chi connectivity index (χ2n) is 4.60.